The van der Waals surface area contributed by atoms with Gasteiger partial charge in [-0.25, -0.2) is 0 Å². The number of piperidine rings is 1. The fourth-order valence-corrected chi connectivity index (χ4v) is 3.52. The Morgan fingerprint density at radius 3 is 3.13 bits per heavy atom. The van der Waals surface area contributed by atoms with Crippen molar-refractivity contribution in [1.29, 1.82) is 0 Å². The van der Waals surface area contributed by atoms with Crippen LogP contribution in [-0.2, 0) is 5.54 Å². The van der Waals surface area contributed by atoms with Crippen LogP contribution in [0.3, 0.4) is 0 Å². The zero-order chi connectivity index (χ0) is 10.3. The molecule has 2 heteroatoms. The third-order valence-electron chi connectivity index (χ3n) is 4.44. The molecule has 0 spiro atoms. The highest BCUT2D eigenvalue weighted by molar-refractivity contribution is 5.24. The quantitative estimate of drug-likeness (QED) is 0.695. The van der Waals surface area contributed by atoms with Gasteiger partial charge in [-0.15, -0.1) is 0 Å². The molecule has 0 amide bonds. The minimum Gasteiger partial charge on any atom is -0.294 e. The minimum absolute atomic E-state index is 0.317. The highest BCUT2D eigenvalue weighted by Gasteiger charge is 2.47. The summed E-state index contributed by atoms with van der Waals surface area (Å²) >= 11 is 0. The van der Waals surface area contributed by atoms with Gasteiger partial charge < -0.3 is 0 Å². The molecule has 2 bridgehead atoms. The van der Waals surface area contributed by atoms with E-state index in [0.29, 0.717) is 5.54 Å². The fraction of sp³-hybridized carbons (Fsp3) is 0.615. The van der Waals surface area contributed by atoms with Crippen molar-refractivity contribution in [3.63, 3.8) is 0 Å². The Morgan fingerprint density at radius 1 is 1.40 bits per heavy atom. The van der Waals surface area contributed by atoms with Gasteiger partial charge in [-0.1, -0.05) is 6.07 Å². The summed E-state index contributed by atoms with van der Waals surface area (Å²) in [5, 5.41) is 0. The molecule has 80 valence electrons. The third-order valence-corrected chi connectivity index (χ3v) is 4.44. The van der Waals surface area contributed by atoms with Crippen LogP contribution >= 0.6 is 0 Å². The molecule has 0 radical (unpaired) electrons. The zero-order valence-corrected chi connectivity index (χ0v) is 9.32. The largest absolute Gasteiger partial charge is 0.294 e. The first-order valence-electron chi connectivity index (χ1n) is 5.96. The second-order valence-electron chi connectivity index (χ2n) is 4.97. The van der Waals surface area contributed by atoms with Crippen LogP contribution in [0.5, 0.6) is 0 Å². The van der Waals surface area contributed by atoms with Gasteiger partial charge in [0.25, 0.3) is 0 Å². The summed E-state index contributed by atoms with van der Waals surface area (Å²) in [5.41, 5.74) is 1.74. The van der Waals surface area contributed by atoms with Crippen LogP contribution in [0, 0.1) is 0 Å². The molecule has 0 unspecified atom stereocenters. The van der Waals surface area contributed by atoms with Gasteiger partial charge in [0, 0.05) is 24.0 Å². The molecule has 0 aliphatic carbocycles. The normalized spacial score (nSPS) is 35.7. The van der Waals surface area contributed by atoms with Crippen LogP contribution in [-0.4, -0.2) is 23.0 Å². The number of nitrogens with zero attached hydrogens (tertiary/aromatic N) is 2. The van der Waals surface area contributed by atoms with Crippen molar-refractivity contribution in [3.8, 4) is 0 Å². The van der Waals surface area contributed by atoms with Gasteiger partial charge in [-0.05, 0) is 50.8 Å². The van der Waals surface area contributed by atoms with E-state index < -0.39 is 0 Å². The Morgan fingerprint density at radius 2 is 2.33 bits per heavy atom. The van der Waals surface area contributed by atoms with Crippen molar-refractivity contribution in [2.75, 3.05) is 7.05 Å². The number of fused-ring (bicyclic) bond motifs is 2. The fourth-order valence-electron chi connectivity index (χ4n) is 3.52. The molecule has 15 heavy (non-hydrogen) atoms. The Kier molecular flexibility index (Phi) is 2.06. The molecule has 1 aromatic heterocycles. The Bertz CT molecular complexity index is 345. The minimum atomic E-state index is 0.317. The molecule has 2 aliphatic heterocycles. The zero-order valence-electron chi connectivity index (χ0n) is 9.32. The number of hydrogen-bond acceptors (Lipinski definition) is 2. The van der Waals surface area contributed by atoms with E-state index in [1.54, 1.807) is 0 Å². The molecule has 3 heterocycles. The van der Waals surface area contributed by atoms with E-state index in [4.69, 9.17) is 0 Å². The highest BCUT2D eigenvalue weighted by atomic mass is 15.2. The summed E-state index contributed by atoms with van der Waals surface area (Å²) in [4.78, 5) is 6.88. The van der Waals surface area contributed by atoms with Crippen molar-refractivity contribution in [3.05, 3.63) is 30.1 Å². The van der Waals surface area contributed by atoms with Crippen LogP contribution in [0.2, 0.25) is 0 Å². The van der Waals surface area contributed by atoms with Gasteiger partial charge >= 0.3 is 0 Å². The second kappa shape index (κ2) is 3.31. The van der Waals surface area contributed by atoms with Gasteiger partial charge in [0.1, 0.15) is 0 Å². The number of pyridine rings is 1. The summed E-state index contributed by atoms with van der Waals surface area (Å²) in [7, 11) is 2.30. The van der Waals surface area contributed by atoms with E-state index in [1.807, 2.05) is 6.20 Å². The first-order chi connectivity index (χ1) is 7.33. The van der Waals surface area contributed by atoms with Crippen molar-refractivity contribution in [2.45, 2.75) is 43.7 Å². The maximum absolute atomic E-state index is 4.28. The molecule has 2 aliphatic rings. The Hall–Kier alpha value is -0.890. The van der Waals surface area contributed by atoms with E-state index in [1.165, 1.54) is 37.7 Å². The summed E-state index contributed by atoms with van der Waals surface area (Å²) < 4.78 is 0. The van der Waals surface area contributed by atoms with E-state index in [2.05, 4.69) is 35.3 Å². The predicted octanol–water partition coefficient (Wildman–Crippen LogP) is 2.56. The second-order valence-corrected chi connectivity index (χ2v) is 4.97. The highest BCUT2D eigenvalue weighted by Crippen LogP contribution is 2.49. The van der Waals surface area contributed by atoms with Gasteiger partial charge in [0.15, 0.2) is 0 Å². The van der Waals surface area contributed by atoms with Gasteiger partial charge in [-0.2, -0.15) is 0 Å². The molecule has 2 saturated heterocycles. The van der Waals surface area contributed by atoms with Crippen LogP contribution in [0.15, 0.2) is 24.5 Å². The summed E-state index contributed by atoms with van der Waals surface area (Å²) in [6.45, 7) is 0. The standard InChI is InChI=1S/C13H18N2/c1-15-12-5-2-7-13(15,8-6-12)11-4-3-9-14-10-11/h3-4,9-10,12H,2,5-8H2,1H3/t12-,13+/m1/s1. The average molecular weight is 202 g/mol. The number of aromatic nitrogens is 1. The van der Waals surface area contributed by atoms with E-state index in [9.17, 15) is 0 Å². The maximum atomic E-state index is 4.28. The van der Waals surface area contributed by atoms with Crippen LogP contribution in [0.1, 0.15) is 37.7 Å². The number of hydrogen-bond donors (Lipinski definition) is 0. The molecular weight excluding hydrogens is 184 g/mol. The van der Waals surface area contributed by atoms with Crippen LogP contribution < -0.4 is 0 Å². The lowest BCUT2D eigenvalue weighted by atomic mass is 9.83. The van der Waals surface area contributed by atoms with E-state index in [-0.39, 0.29) is 0 Å². The Labute approximate surface area is 91.3 Å². The van der Waals surface area contributed by atoms with Crippen LogP contribution in [0.25, 0.3) is 0 Å². The first kappa shape index (κ1) is 9.34. The third kappa shape index (κ3) is 1.24. The van der Waals surface area contributed by atoms with Crippen LogP contribution in [0.4, 0.5) is 0 Å². The number of rotatable bonds is 1. The molecular formula is C13H18N2. The van der Waals surface area contributed by atoms with Gasteiger partial charge in [0.05, 0.1) is 0 Å². The molecule has 0 aromatic carbocycles. The molecule has 0 saturated carbocycles. The SMILES string of the molecule is CN1[C@@H]2CCC[C@@]1(c1cccnc1)CC2. The topological polar surface area (TPSA) is 16.1 Å². The van der Waals surface area contributed by atoms with Crippen molar-refractivity contribution in [2.24, 2.45) is 0 Å². The summed E-state index contributed by atoms with van der Waals surface area (Å²) in [6.07, 6.45) is 10.7. The lowest BCUT2D eigenvalue weighted by Crippen LogP contribution is -2.45. The lowest BCUT2D eigenvalue weighted by Gasteiger charge is -2.42. The Balaban J connectivity index is 2.03. The molecule has 2 nitrogen and oxygen atoms in total. The predicted molar refractivity (Wildman–Crippen MR) is 60.6 cm³/mol. The van der Waals surface area contributed by atoms with E-state index in [0.717, 1.165) is 6.04 Å². The van der Waals surface area contributed by atoms with Gasteiger partial charge in [0.2, 0.25) is 0 Å². The molecule has 0 N–H and O–H groups in total. The lowest BCUT2D eigenvalue weighted by molar-refractivity contribution is 0.0802. The summed E-state index contributed by atoms with van der Waals surface area (Å²) in [5.74, 6) is 0. The van der Waals surface area contributed by atoms with E-state index >= 15 is 0 Å². The molecule has 2 fully saturated rings. The smallest absolute Gasteiger partial charge is 0.0476 e. The van der Waals surface area contributed by atoms with Crippen molar-refractivity contribution >= 4 is 0 Å². The van der Waals surface area contributed by atoms with Gasteiger partial charge in [-0.3, -0.25) is 9.88 Å². The average Bonchev–Trinajstić information content (AvgIpc) is 2.52. The monoisotopic (exact) mass is 202 g/mol. The molecule has 1 aromatic rings. The molecule has 3 rings (SSSR count). The summed E-state index contributed by atoms with van der Waals surface area (Å²) in [6, 6.07) is 5.14. The molecule has 2 atom stereocenters. The van der Waals surface area contributed by atoms with Crippen molar-refractivity contribution in [1.82, 2.24) is 9.88 Å². The first-order valence-corrected chi connectivity index (χ1v) is 5.96. The maximum Gasteiger partial charge on any atom is 0.0476 e. The van der Waals surface area contributed by atoms with Crippen molar-refractivity contribution < 1.29 is 0 Å².